The predicted molar refractivity (Wildman–Crippen MR) is 97.1 cm³/mol. The third kappa shape index (κ3) is 7.49. The highest BCUT2D eigenvalue weighted by atomic mass is 35.5. The van der Waals surface area contributed by atoms with Crippen LogP contribution in [0.4, 0.5) is 0 Å². The maximum absolute atomic E-state index is 12.0. The van der Waals surface area contributed by atoms with Crippen molar-refractivity contribution in [3.8, 4) is 0 Å². The molecule has 0 aromatic heterocycles. The molecular formula is C16H33Cl2N3O. The van der Waals surface area contributed by atoms with Gasteiger partial charge in [0.2, 0.25) is 5.91 Å². The molecule has 2 rings (SSSR count). The molecule has 132 valence electrons. The van der Waals surface area contributed by atoms with Crippen LogP contribution < -0.4 is 10.6 Å². The molecule has 2 aliphatic rings. The van der Waals surface area contributed by atoms with E-state index in [2.05, 4.69) is 29.4 Å². The van der Waals surface area contributed by atoms with Crippen LogP contribution in [0.15, 0.2) is 0 Å². The molecule has 2 fully saturated rings. The molecule has 1 aliphatic heterocycles. The van der Waals surface area contributed by atoms with E-state index in [1.165, 1.54) is 25.7 Å². The number of amides is 1. The average Bonchev–Trinajstić information content (AvgIpc) is 3.29. The van der Waals surface area contributed by atoms with E-state index in [4.69, 9.17) is 0 Å². The molecule has 0 spiro atoms. The first-order chi connectivity index (χ1) is 9.70. The van der Waals surface area contributed by atoms with Crippen LogP contribution in [0.1, 0.15) is 46.0 Å². The summed E-state index contributed by atoms with van der Waals surface area (Å²) in [4.78, 5) is 14.5. The zero-order valence-electron chi connectivity index (χ0n) is 14.0. The SMILES string of the molecule is CCN(CCNC(=O)CC(C)C1CCCNC1)C1CC1.Cl.Cl. The molecule has 0 bridgehead atoms. The van der Waals surface area contributed by atoms with Crippen molar-refractivity contribution in [3.05, 3.63) is 0 Å². The molecule has 2 unspecified atom stereocenters. The number of halogens is 2. The number of carbonyl (C=O) groups is 1. The highest BCUT2D eigenvalue weighted by Crippen LogP contribution is 2.26. The van der Waals surface area contributed by atoms with Crippen molar-refractivity contribution in [2.45, 2.75) is 52.0 Å². The smallest absolute Gasteiger partial charge is 0.220 e. The molecule has 1 aliphatic carbocycles. The number of carbonyl (C=O) groups excluding carboxylic acids is 1. The highest BCUT2D eigenvalue weighted by molar-refractivity contribution is 5.85. The molecule has 1 amide bonds. The number of rotatable bonds is 8. The lowest BCUT2D eigenvalue weighted by Crippen LogP contribution is -2.38. The van der Waals surface area contributed by atoms with Crippen LogP contribution in [0.3, 0.4) is 0 Å². The second-order valence-corrected chi connectivity index (χ2v) is 6.50. The minimum absolute atomic E-state index is 0. The van der Waals surface area contributed by atoms with Crippen molar-refractivity contribution in [3.63, 3.8) is 0 Å². The van der Waals surface area contributed by atoms with Gasteiger partial charge in [0.25, 0.3) is 0 Å². The standard InChI is InChI=1S/C16H31N3O.2ClH/c1-3-19(15-6-7-15)10-9-18-16(20)11-13(2)14-5-4-8-17-12-14;;/h13-15,17H,3-12H2,1-2H3,(H,18,20);2*1H. The van der Waals surface area contributed by atoms with Gasteiger partial charge in [0, 0.05) is 25.6 Å². The fraction of sp³-hybridized carbons (Fsp3) is 0.938. The van der Waals surface area contributed by atoms with Crippen molar-refractivity contribution < 1.29 is 4.79 Å². The third-order valence-electron chi connectivity index (χ3n) is 4.84. The van der Waals surface area contributed by atoms with E-state index in [-0.39, 0.29) is 30.7 Å². The zero-order valence-corrected chi connectivity index (χ0v) is 15.6. The van der Waals surface area contributed by atoms with E-state index in [1.807, 2.05) is 0 Å². The van der Waals surface area contributed by atoms with Gasteiger partial charge in [0.15, 0.2) is 0 Å². The predicted octanol–water partition coefficient (Wildman–Crippen LogP) is 2.46. The number of nitrogens with zero attached hydrogens (tertiary/aromatic N) is 1. The van der Waals surface area contributed by atoms with Crippen LogP contribution in [0.5, 0.6) is 0 Å². The van der Waals surface area contributed by atoms with Gasteiger partial charge in [-0.3, -0.25) is 9.69 Å². The Kier molecular flexibility index (Phi) is 11.5. The summed E-state index contributed by atoms with van der Waals surface area (Å²) in [6.45, 7) is 9.57. The Morgan fingerprint density at radius 3 is 2.59 bits per heavy atom. The number of hydrogen-bond acceptors (Lipinski definition) is 3. The summed E-state index contributed by atoms with van der Waals surface area (Å²) in [5, 5.41) is 6.53. The van der Waals surface area contributed by atoms with Gasteiger partial charge in [-0.1, -0.05) is 13.8 Å². The van der Waals surface area contributed by atoms with Crippen LogP contribution >= 0.6 is 24.8 Å². The van der Waals surface area contributed by atoms with Crippen molar-refractivity contribution in [2.75, 3.05) is 32.7 Å². The van der Waals surface area contributed by atoms with Gasteiger partial charge in [-0.2, -0.15) is 0 Å². The number of likely N-dealkylation sites (N-methyl/N-ethyl adjacent to an activating group) is 1. The molecular weight excluding hydrogens is 321 g/mol. The molecule has 22 heavy (non-hydrogen) atoms. The Hall–Kier alpha value is -0.0300. The van der Waals surface area contributed by atoms with Crippen LogP contribution in [-0.2, 0) is 4.79 Å². The fourth-order valence-corrected chi connectivity index (χ4v) is 3.27. The first-order valence-electron chi connectivity index (χ1n) is 8.42. The summed E-state index contributed by atoms with van der Waals surface area (Å²) < 4.78 is 0. The zero-order chi connectivity index (χ0) is 14.4. The lowest BCUT2D eigenvalue weighted by Gasteiger charge is -2.28. The van der Waals surface area contributed by atoms with Crippen LogP contribution in [0.25, 0.3) is 0 Å². The molecule has 4 nitrogen and oxygen atoms in total. The molecule has 2 N–H and O–H groups in total. The van der Waals surface area contributed by atoms with Gasteiger partial charge in [-0.25, -0.2) is 0 Å². The Labute approximate surface area is 148 Å². The molecule has 2 atom stereocenters. The van der Waals surface area contributed by atoms with Gasteiger partial charge in [0.1, 0.15) is 0 Å². The van der Waals surface area contributed by atoms with Crippen molar-refractivity contribution in [2.24, 2.45) is 11.8 Å². The van der Waals surface area contributed by atoms with Crippen molar-refractivity contribution >= 4 is 30.7 Å². The average molecular weight is 354 g/mol. The monoisotopic (exact) mass is 353 g/mol. The Bertz CT molecular complexity index is 308. The first-order valence-corrected chi connectivity index (χ1v) is 8.42. The van der Waals surface area contributed by atoms with Gasteiger partial charge in [0.05, 0.1) is 0 Å². The second-order valence-electron chi connectivity index (χ2n) is 6.50. The van der Waals surface area contributed by atoms with E-state index in [0.717, 1.165) is 38.8 Å². The van der Waals surface area contributed by atoms with E-state index in [9.17, 15) is 4.79 Å². The maximum Gasteiger partial charge on any atom is 0.220 e. The quantitative estimate of drug-likeness (QED) is 0.704. The largest absolute Gasteiger partial charge is 0.355 e. The molecule has 0 radical (unpaired) electrons. The van der Waals surface area contributed by atoms with Crippen molar-refractivity contribution in [1.29, 1.82) is 0 Å². The Morgan fingerprint density at radius 1 is 1.32 bits per heavy atom. The van der Waals surface area contributed by atoms with Crippen LogP contribution in [0, 0.1) is 11.8 Å². The second kappa shape index (κ2) is 11.5. The van der Waals surface area contributed by atoms with Gasteiger partial charge in [-0.05, 0) is 57.2 Å². The van der Waals surface area contributed by atoms with E-state index in [0.29, 0.717) is 18.3 Å². The lowest BCUT2D eigenvalue weighted by atomic mass is 9.85. The normalized spacial score (nSPS) is 22.4. The summed E-state index contributed by atoms with van der Waals surface area (Å²) in [5.74, 6) is 1.40. The van der Waals surface area contributed by atoms with Gasteiger partial charge in [-0.15, -0.1) is 24.8 Å². The molecule has 1 saturated heterocycles. The van der Waals surface area contributed by atoms with Gasteiger partial charge >= 0.3 is 0 Å². The molecule has 0 aromatic carbocycles. The minimum atomic E-state index is 0. The van der Waals surface area contributed by atoms with E-state index in [1.54, 1.807) is 0 Å². The lowest BCUT2D eigenvalue weighted by molar-refractivity contribution is -0.122. The summed E-state index contributed by atoms with van der Waals surface area (Å²) in [6.07, 6.45) is 5.89. The Balaban J connectivity index is 0.00000220. The minimum Gasteiger partial charge on any atom is -0.355 e. The Morgan fingerprint density at radius 2 is 2.05 bits per heavy atom. The van der Waals surface area contributed by atoms with Crippen LogP contribution in [-0.4, -0.2) is 49.6 Å². The van der Waals surface area contributed by atoms with E-state index >= 15 is 0 Å². The maximum atomic E-state index is 12.0. The van der Waals surface area contributed by atoms with Crippen molar-refractivity contribution in [1.82, 2.24) is 15.5 Å². The first kappa shape index (κ1) is 22.0. The molecule has 1 saturated carbocycles. The summed E-state index contributed by atoms with van der Waals surface area (Å²) in [7, 11) is 0. The summed E-state index contributed by atoms with van der Waals surface area (Å²) in [5.41, 5.74) is 0. The summed E-state index contributed by atoms with van der Waals surface area (Å²) in [6, 6.07) is 0.795. The third-order valence-corrected chi connectivity index (χ3v) is 4.84. The number of nitrogens with one attached hydrogen (secondary N) is 2. The fourth-order valence-electron chi connectivity index (χ4n) is 3.27. The number of hydrogen-bond donors (Lipinski definition) is 2. The highest BCUT2D eigenvalue weighted by Gasteiger charge is 2.27. The topological polar surface area (TPSA) is 44.4 Å². The molecule has 1 heterocycles. The molecule has 6 heteroatoms. The van der Waals surface area contributed by atoms with Gasteiger partial charge < -0.3 is 10.6 Å². The molecule has 0 aromatic rings. The van der Waals surface area contributed by atoms with E-state index < -0.39 is 0 Å². The summed E-state index contributed by atoms with van der Waals surface area (Å²) >= 11 is 0. The number of piperidine rings is 1. The van der Waals surface area contributed by atoms with Crippen LogP contribution in [0.2, 0.25) is 0 Å².